The largest absolute Gasteiger partial charge is 0.494 e. The van der Waals surface area contributed by atoms with Crippen LogP contribution in [0.3, 0.4) is 0 Å². The Bertz CT molecular complexity index is 853. The van der Waals surface area contributed by atoms with E-state index in [0.717, 1.165) is 30.7 Å². The van der Waals surface area contributed by atoms with Crippen molar-refractivity contribution >= 4 is 40.5 Å². The normalized spacial score (nSPS) is 10.2. The molecular weight excluding hydrogens is 386 g/mol. The lowest BCUT2D eigenvalue weighted by Gasteiger charge is -2.16. The minimum atomic E-state index is -0.308. The van der Waals surface area contributed by atoms with Crippen molar-refractivity contribution < 1.29 is 14.3 Å². The van der Waals surface area contributed by atoms with Crippen molar-refractivity contribution in [1.29, 1.82) is 0 Å². The van der Waals surface area contributed by atoms with E-state index in [0.29, 0.717) is 17.9 Å². The highest BCUT2D eigenvalue weighted by molar-refractivity contribution is 7.80. The molecule has 0 aromatic heterocycles. The summed E-state index contributed by atoms with van der Waals surface area (Å²) in [7, 11) is 1.69. The van der Waals surface area contributed by atoms with Crippen LogP contribution < -0.4 is 20.3 Å². The third kappa shape index (κ3) is 7.19. The van der Waals surface area contributed by atoms with Gasteiger partial charge in [0.1, 0.15) is 5.75 Å². The highest BCUT2D eigenvalue weighted by Gasteiger charge is 2.10. The zero-order valence-corrected chi connectivity index (χ0v) is 17.8. The van der Waals surface area contributed by atoms with Crippen molar-refractivity contribution in [2.45, 2.75) is 33.1 Å². The van der Waals surface area contributed by atoms with E-state index in [1.807, 2.05) is 6.07 Å². The van der Waals surface area contributed by atoms with Crippen LogP contribution in [0.1, 0.15) is 43.5 Å². The van der Waals surface area contributed by atoms with E-state index in [4.69, 9.17) is 17.0 Å². The second-order valence-corrected chi connectivity index (χ2v) is 7.02. The number of nitrogens with one attached hydrogen (secondary N) is 2. The number of hydrogen-bond donors (Lipinski definition) is 2. The van der Waals surface area contributed by atoms with Crippen LogP contribution in [0.15, 0.2) is 48.5 Å². The molecule has 0 aliphatic heterocycles. The van der Waals surface area contributed by atoms with Crippen LogP contribution in [-0.4, -0.2) is 30.6 Å². The molecule has 0 spiro atoms. The summed E-state index contributed by atoms with van der Waals surface area (Å²) >= 11 is 5.23. The lowest BCUT2D eigenvalue weighted by Crippen LogP contribution is -2.34. The number of thiocarbonyl (C=S) groups is 1. The fourth-order valence-electron chi connectivity index (χ4n) is 2.56. The first-order chi connectivity index (χ1) is 13.9. The molecule has 2 aromatic carbocycles. The van der Waals surface area contributed by atoms with E-state index in [9.17, 15) is 9.59 Å². The number of benzene rings is 2. The number of anilines is 2. The molecule has 2 N–H and O–H groups in total. The molecule has 0 aliphatic carbocycles. The fourth-order valence-corrected chi connectivity index (χ4v) is 2.77. The van der Waals surface area contributed by atoms with Crippen LogP contribution in [-0.2, 0) is 4.79 Å². The molecule has 0 saturated carbocycles. The Kier molecular flexibility index (Phi) is 8.61. The smallest absolute Gasteiger partial charge is 0.257 e. The molecule has 2 rings (SSSR count). The number of carbonyl (C=O) groups is 2. The van der Waals surface area contributed by atoms with Crippen LogP contribution >= 0.6 is 12.2 Å². The molecule has 0 heterocycles. The van der Waals surface area contributed by atoms with Gasteiger partial charge in [0.25, 0.3) is 5.91 Å². The molecule has 154 valence electrons. The van der Waals surface area contributed by atoms with Crippen molar-refractivity contribution in [3.8, 4) is 5.75 Å². The van der Waals surface area contributed by atoms with Gasteiger partial charge in [-0.1, -0.05) is 25.8 Å². The number of rotatable bonds is 8. The van der Waals surface area contributed by atoms with Crippen molar-refractivity contribution in [3.63, 3.8) is 0 Å². The van der Waals surface area contributed by atoms with Gasteiger partial charge in [-0.15, -0.1) is 0 Å². The maximum Gasteiger partial charge on any atom is 0.257 e. The highest BCUT2D eigenvalue weighted by atomic mass is 32.1. The average Bonchev–Trinajstić information content (AvgIpc) is 2.71. The van der Waals surface area contributed by atoms with Gasteiger partial charge in [-0.3, -0.25) is 14.9 Å². The Balaban J connectivity index is 1.89. The quantitative estimate of drug-likeness (QED) is 0.497. The summed E-state index contributed by atoms with van der Waals surface area (Å²) in [5.74, 6) is 0.359. The number of ether oxygens (including phenoxy) is 1. The first-order valence-electron chi connectivity index (χ1n) is 9.60. The summed E-state index contributed by atoms with van der Waals surface area (Å²) in [6.07, 6.45) is 3.30. The first-order valence-corrected chi connectivity index (χ1v) is 10.0. The van der Waals surface area contributed by atoms with Gasteiger partial charge in [0.05, 0.1) is 6.61 Å². The van der Waals surface area contributed by atoms with Crippen LogP contribution in [0.5, 0.6) is 5.75 Å². The summed E-state index contributed by atoms with van der Waals surface area (Å²) in [4.78, 5) is 25.4. The second kappa shape index (κ2) is 11.2. The molecule has 0 aliphatic rings. The monoisotopic (exact) mass is 413 g/mol. The Hall–Kier alpha value is -2.93. The number of carbonyl (C=O) groups excluding carboxylic acids is 2. The third-order valence-corrected chi connectivity index (χ3v) is 4.53. The number of unbranched alkanes of at least 4 members (excludes halogenated alkanes) is 2. The predicted octanol–water partition coefficient (Wildman–Crippen LogP) is 4.37. The van der Waals surface area contributed by atoms with Gasteiger partial charge < -0.3 is 15.0 Å². The zero-order chi connectivity index (χ0) is 21.2. The Morgan fingerprint density at radius 1 is 1.10 bits per heavy atom. The lowest BCUT2D eigenvalue weighted by molar-refractivity contribution is -0.116. The molecule has 0 bridgehead atoms. The van der Waals surface area contributed by atoms with Gasteiger partial charge in [-0.2, -0.15) is 0 Å². The number of hydrogen-bond acceptors (Lipinski definition) is 4. The highest BCUT2D eigenvalue weighted by Crippen LogP contribution is 2.18. The Morgan fingerprint density at radius 3 is 2.48 bits per heavy atom. The van der Waals surface area contributed by atoms with Gasteiger partial charge in [-0.05, 0) is 61.1 Å². The Labute approximate surface area is 177 Å². The summed E-state index contributed by atoms with van der Waals surface area (Å²) in [5, 5.41) is 5.80. The molecule has 2 amide bonds. The number of amides is 2. The van der Waals surface area contributed by atoms with E-state index in [-0.39, 0.29) is 16.9 Å². The van der Waals surface area contributed by atoms with Gasteiger partial charge in [0.15, 0.2) is 5.11 Å². The summed E-state index contributed by atoms with van der Waals surface area (Å²) in [6.45, 7) is 4.31. The van der Waals surface area contributed by atoms with Crippen LogP contribution in [0.4, 0.5) is 11.4 Å². The minimum absolute atomic E-state index is 0.0733. The Morgan fingerprint density at radius 2 is 1.83 bits per heavy atom. The van der Waals surface area contributed by atoms with Crippen LogP contribution in [0.25, 0.3) is 0 Å². The average molecular weight is 414 g/mol. The standard InChI is InChI=1S/C22H27N3O3S/c1-4-5-6-14-28-20-12-10-17(11-13-20)21(27)24-22(29)23-18-8-7-9-19(15-18)25(3)16(2)26/h7-13,15H,4-6,14H2,1-3H3,(H2,23,24,27,29). The third-order valence-electron chi connectivity index (χ3n) is 4.32. The molecule has 7 heteroatoms. The zero-order valence-electron chi connectivity index (χ0n) is 17.0. The SMILES string of the molecule is CCCCCOc1ccc(C(=O)NC(=S)Nc2cccc(N(C)C(C)=O)c2)cc1. The van der Waals surface area contributed by atoms with Gasteiger partial charge in [0, 0.05) is 30.9 Å². The number of nitrogens with zero attached hydrogens (tertiary/aromatic N) is 1. The van der Waals surface area contributed by atoms with Gasteiger partial charge >= 0.3 is 0 Å². The molecule has 0 radical (unpaired) electrons. The van der Waals surface area contributed by atoms with Crippen LogP contribution in [0.2, 0.25) is 0 Å². The summed E-state index contributed by atoms with van der Waals surface area (Å²) < 4.78 is 5.65. The van der Waals surface area contributed by atoms with E-state index in [2.05, 4.69) is 17.6 Å². The molecule has 0 fully saturated rings. The second-order valence-electron chi connectivity index (χ2n) is 6.62. The van der Waals surface area contributed by atoms with Crippen LogP contribution in [0, 0.1) is 0 Å². The maximum atomic E-state index is 12.4. The van der Waals surface area contributed by atoms with E-state index < -0.39 is 0 Å². The summed E-state index contributed by atoms with van der Waals surface area (Å²) in [5.41, 5.74) is 1.89. The van der Waals surface area contributed by atoms with Gasteiger partial charge in [0.2, 0.25) is 5.91 Å². The van der Waals surface area contributed by atoms with E-state index in [1.165, 1.54) is 11.8 Å². The van der Waals surface area contributed by atoms with Crippen molar-refractivity contribution in [1.82, 2.24) is 5.32 Å². The van der Waals surface area contributed by atoms with Crippen molar-refractivity contribution in [3.05, 3.63) is 54.1 Å². The molecule has 2 aromatic rings. The van der Waals surface area contributed by atoms with E-state index in [1.54, 1.807) is 49.5 Å². The summed E-state index contributed by atoms with van der Waals surface area (Å²) in [6, 6.07) is 14.2. The molecule has 29 heavy (non-hydrogen) atoms. The fraction of sp³-hybridized carbons (Fsp3) is 0.318. The molecule has 0 saturated heterocycles. The maximum absolute atomic E-state index is 12.4. The topological polar surface area (TPSA) is 70.7 Å². The minimum Gasteiger partial charge on any atom is -0.494 e. The predicted molar refractivity (Wildman–Crippen MR) is 121 cm³/mol. The van der Waals surface area contributed by atoms with E-state index >= 15 is 0 Å². The molecule has 6 nitrogen and oxygen atoms in total. The lowest BCUT2D eigenvalue weighted by atomic mass is 10.2. The van der Waals surface area contributed by atoms with Crippen molar-refractivity contribution in [2.75, 3.05) is 23.9 Å². The van der Waals surface area contributed by atoms with Crippen molar-refractivity contribution in [2.24, 2.45) is 0 Å². The molecular formula is C22H27N3O3S. The molecule has 0 atom stereocenters. The van der Waals surface area contributed by atoms with Gasteiger partial charge in [-0.25, -0.2) is 0 Å². The first kappa shape index (κ1) is 22.4. The molecule has 0 unspecified atom stereocenters.